The van der Waals surface area contributed by atoms with Crippen LogP contribution in [0.15, 0.2) is 11.6 Å². The van der Waals surface area contributed by atoms with E-state index in [2.05, 4.69) is 20.8 Å². The average molecular weight is 227 g/mol. The van der Waals surface area contributed by atoms with Gasteiger partial charge in [0.1, 0.15) is 0 Å². The Hall–Kier alpha value is -0.830. The zero-order valence-corrected chi connectivity index (χ0v) is 11.1. The third-order valence-corrected chi connectivity index (χ3v) is 3.62. The molecule has 0 radical (unpaired) electrons. The number of carbonyl (C=O) groups excluding carboxylic acids is 1. The summed E-state index contributed by atoms with van der Waals surface area (Å²) in [4.78, 5) is 10.5. The number of hydrogen-bond acceptors (Lipinski definition) is 2. The quantitative estimate of drug-likeness (QED) is 0.357. The number of aliphatic carboxylic acids is 1. The molecule has 0 heterocycles. The number of nitrogens with zero attached hydrogens (tertiary/aromatic N) is 1. The van der Waals surface area contributed by atoms with E-state index in [1.165, 1.54) is 0 Å². The smallest absolute Gasteiger partial charge is 0.0789 e. The fourth-order valence-electron chi connectivity index (χ4n) is 1.97. The highest BCUT2D eigenvalue weighted by atomic mass is 16.4. The summed E-state index contributed by atoms with van der Waals surface area (Å²) in [5.74, 6) is -1.05. The van der Waals surface area contributed by atoms with Crippen LogP contribution in [0, 0.1) is 0 Å². The van der Waals surface area contributed by atoms with Gasteiger partial charge in [0, 0.05) is 6.42 Å². The molecular formula is C13H25NO2. The van der Waals surface area contributed by atoms with E-state index in [0.29, 0.717) is 5.57 Å². The second kappa shape index (κ2) is 7.44. The number of hydrogen-bond donors (Lipinski definition) is 0. The lowest BCUT2D eigenvalue weighted by Crippen LogP contribution is -2.48. The summed E-state index contributed by atoms with van der Waals surface area (Å²) < 4.78 is 1.12. The molecule has 0 aromatic heterocycles. The first-order valence-electron chi connectivity index (χ1n) is 6.24. The molecule has 16 heavy (non-hydrogen) atoms. The van der Waals surface area contributed by atoms with Gasteiger partial charge in [-0.3, -0.25) is 0 Å². The largest absolute Gasteiger partial charge is 0.545 e. The van der Waals surface area contributed by atoms with Crippen molar-refractivity contribution in [2.24, 2.45) is 0 Å². The Morgan fingerprint density at radius 3 is 2.06 bits per heavy atom. The average Bonchev–Trinajstić information content (AvgIpc) is 2.30. The first-order chi connectivity index (χ1) is 7.51. The van der Waals surface area contributed by atoms with Crippen LogP contribution in [-0.2, 0) is 4.79 Å². The molecule has 0 aliphatic carbocycles. The summed E-state index contributed by atoms with van der Waals surface area (Å²) in [5.41, 5.74) is 0.350. The van der Waals surface area contributed by atoms with Crippen LogP contribution in [0.25, 0.3) is 0 Å². The van der Waals surface area contributed by atoms with Gasteiger partial charge < -0.3 is 14.4 Å². The second-order valence-corrected chi connectivity index (χ2v) is 4.33. The zero-order chi connectivity index (χ0) is 12.6. The van der Waals surface area contributed by atoms with Crippen molar-refractivity contribution in [3.63, 3.8) is 0 Å². The fourth-order valence-corrected chi connectivity index (χ4v) is 1.97. The van der Waals surface area contributed by atoms with Crippen LogP contribution in [0.2, 0.25) is 0 Å². The number of carboxylic acid groups (broad SMARTS) is 1. The Bertz CT molecular complexity index is 234. The van der Waals surface area contributed by atoms with Gasteiger partial charge >= 0.3 is 0 Å². The fraction of sp³-hybridized carbons (Fsp3) is 0.769. The molecule has 3 heteroatoms. The number of quaternary nitrogens is 1. The Balaban J connectivity index is 4.06. The number of rotatable bonds is 8. The standard InChI is InChI=1S/C13H25NO2/c1-5-14(6-2,7-3)11-9-8-10-12(4)13(15)16/h10H,5-9,11H2,1-4H3. The van der Waals surface area contributed by atoms with Crippen LogP contribution in [0.1, 0.15) is 40.5 Å². The van der Waals surface area contributed by atoms with Crippen molar-refractivity contribution in [1.82, 2.24) is 0 Å². The maximum Gasteiger partial charge on any atom is 0.0789 e. The molecule has 0 N–H and O–H groups in total. The summed E-state index contributed by atoms with van der Waals surface area (Å²) in [6.45, 7) is 12.8. The molecule has 94 valence electrons. The van der Waals surface area contributed by atoms with Gasteiger partial charge in [0.2, 0.25) is 0 Å². The number of allylic oxidation sites excluding steroid dienone is 1. The van der Waals surface area contributed by atoms with E-state index >= 15 is 0 Å². The van der Waals surface area contributed by atoms with E-state index in [4.69, 9.17) is 0 Å². The van der Waals surface area contributed by atoms with Crippen molar-refractivity contribution in [3.8, 4) is 0 Å². The highest BCUT2D eigenvalue weighted by molar-refractivity contribution is 5.83. The van der Waals surface area contributed by atoms with Crippen LogP contribution in [0.3, 0.4) is 0 Å². The van der Waals surface area contributed by atoms with Crippen molar-refractivity contribution >= 4 is 5.97 Å². The predicted molar refractivity (Wildman–Crippen MR) is 64.7 cm³/mol. The first-order valence-corrected chi connectivity index (χ1v) is 6.24. The van der Waals surface area contributed by atoms with Gasteiger partial charge in [-0.25, -0.2) is 0 Å². The van der Waals surface area contributed by atoms with Crippen LogP contribution in [0.4, 0.5) is 0 Å². The highest BCUT2D eigenvalue weighted by Gasteiger charge is 2.19. The van der Waals surface area contributed by atoms with Crippen LogP contribution < -0.4 is 5.11 Å². The van der Waals surface area contributed by atoms with Crippen LogP contribution >= 0.6 is 0 Å². The summed E-state index contributed by atoms with van der Waals surface area (Å²) in [5, 5.41) is 10.5. The van der Waals surface area contributed by atoms with E-state index in [1.807, 2.05) is 0 Å². The summed E-state index contributed by atoms with van der Waals surface area (Å²) in [7, 11) is 0. The molecule has 0 amide bonds. The van der Waals surface area contributed by atoms with Gasteiger partial charge in [0.25, 0.3) is 0 Å². The van der Waals surface area contributed by atoms with Gasteiger partial charge in [-0.1, -0.05) is 6.08 Å². The third kappa shape index (κ3) is 4.79. The molecule has 0 saturated carbocycles. The topological polar surface area (TPSA) is 40.1 Å². The van der Waals surface area contributed by atoms with E-state index in [9.17, 15) is 9.90 Å². The molecule has 0 aromatic carbocycles. The normalized spacial score (nSPS) is 12.9. The van der Waals surface area contributed by atoms with Gasteiger partial charge in [-0.05, 0) is 39.7 Å². The minimum absolute atomic E-state index is 0.350. The number of unbranched alkanes of at least 4 members (excludes halogenated alkanes) is 1. The number of carboxylic acids is 1. The molecule has 0 unspecified atom stereocenters. The lowest BCUT2D eigenvalue weighted by atomic mass is 10.2. The van der Waals surface area contributed by atoms with E-state index in [-0.39, 0.29) is 0 Å². The minimum Gasteiger partial charge on any atom is -0.545 e. The van der Waals surface area contributed by atoms with Crippen molar-refractivity contribution in [2.45, 2.75) is 40.5 Å². The van der Waals surface area contributed by atoms with Crippen LogP contribution in [0.5, 0.6) is 0 Å². The van der Waals surface area contributed by atoms with E-state index in [1.54, 1.807) is 13.0 Å². The zero-order valence-electron chi connectivity index (χ0n) is 11.1. The Labute approximate surface area is 99.4 Å². The summed E-state index contributed by atoms with van der Waals surface area (Å²) in [6, 6.07) is 0. The molecule has 0 atom stereocenters. The lowest BCUT2D eigenvalue weighted by molar-refractivity contribution is -0.923. The molecule has 0 saturated heterocycles. The maximum absolute atomic E-state index is 10.5. The lowest BCUT2D eigenvalue weighted by Gasteiger charge is -2.35. The van der Waals surface area contributed by atoms with Gasteiger partial charge in [0.15, 0.2) is 0 Å². The van der Waals surface area contributed by atoms with Crippen molar-refractivity contribution in [3.05, 3.63) is 11.6 Å². The second-order valence-electron chi connectivity index (χ2n) is 4.33. The number of carbonyl (C=O) groups is 1. The SMILES string of the molecule is CC[N+](CC)(CC)CCCC=C(C)C(=O)[O-]. The Morgan fingerprint density at radius 1 is 1.19 bits per heavy atom. The molecule has 0 rings (SSSR count). The molecular weight excluding hydrogens is 202 g/mol. The molecule has 0 aliphatic rings. The molecule has 3 nitrogen and oxygen atoms in total. The predicted octanol–water partition coefficient (Wildman–Crippen LogP) is 1.34. The van der Waals surface area contributed by atoms with Gasteiger partial charge in [-0.2, -0.15) is 0 Å². The van der Waals surface area contributed by atoms with Crippen LogP contribution in [-0.4, -0.2) is 36.6 Å². The molecule has 0 spiro atoms. The van der Waals surface area contributed by atoms with Gasteiger partial charge in [-0.15, -0.1) is 0 Å². The van der Waals surface area contributed by atoms with Gasteiger partial charge in [0.05, 0.1) is 32.1 Å². The molecule has 0 fully saturated rings. The highest BCUT2D eigenvalue weighted by Crippen LogP contribution is 2.09. The Kier molecular flexibility index (Phi) is 7.06. The van der Waals surface area contributed by atoms with E-state index < -0.39 is 5.97 Å². The Morgan fingerprint density at radius 2 is 1.69 bits per heavy atom. The molecule has 0 aliphatic heterocycles. The van der Waals surface area contributed by atoms with Crippen molar-refractivity contribution < 1.29 is 14.4 Å². The van der Waals surface area contributed by atoms with Crippen molar-refractivity contribution in [1.29, 1.82) is 0 Å². The summed E-state index contributed by atoms with van der Waals surface area (Å²) in [6.07, 6.45) is 3.64. The monoisotopic (exact) mass is 227 g/mol. The van der Waals surface area contributed by atoms with Crippen molar-refractivity contribution in [2.75, 3.05) is 26.2 Å². The minimum atomic E-state index is -1.05. The van der Waals surface area contributed by atoms with E-state index in [0.717, 1.165) is 43.5 Å². The maximum atomic E-state index is 10.5. The molecule has 0 aromatic rings. The molecule has 0 bridgehead atoms. The third-order valence-electron chi connectivity index (χ3n) is 3.62. The first kappa shape index (κ1) is 15.2. The summed E-state index contributed by atoms with van der Waals surface area (Å²) >= 11 is 0.